The number of nitrogens with one attached hydrogen (secondary N) is 1. The van der Waals surface area contributed by atoms with Crippen LogP contribution in [0.2, 0.25) is 15.1 Å². The van der Waals surface area contributed by atoms with Crippen LogP contribution in [0, 0.1) is 0 Å². The van der Waals surface area contributed by atoms with Crippen molar-refractivity contribution in [1.29, 1.82) is 0 Å². The highest BCUT2D eigenvalue weighted by atomic mass is 35.5. The highest BCUT2D eigenvalue weighted by Crippen LogP contribution is 2.39. The van der Waals surface area contributed by atoms with Crippen LogP contribution in [0.1, 0.15) is 33.6 Å². The summed E-state index contributed by atoms with van der Waals surface area (Å²) in [6, 6.07) is 10.2. The fourth-order valence-corrected chi connectivity index (χ4v) is 3.71. The minimum atomic E-state index is -0.435. The Morgan fingerprint density at radius 3 is 2.30 bits per heavy atom. The molecule has 0 aliphatic carbocycles. The lowest BCUT2D eigenvalue weighted by Crippen LogP contribution is -2.46. The van der Waals surface area contributed by atoms with Crippen molar-refractivity contribution in [2.75, 3.05) is 13.1 Å². The fraction of sp³-hybridized carbons (Fsp3) is 0.263. The predicted molar refractivity (Wildman–Crippen MR) is 106 cm³/mol. The Morgan fingerprint density at radius 1 is 1.04 bits per heavy atom. The Bertz CT molecular complexity index is 840. The predicted octanol–water partition coefficient (Wildman–Crippen LogP) is 4.39. The van der Waals surface area contributed by atoms with E-state index in [9.17, 15) is 14.7 Å². The SMILES string of the molecule is O=C(NC1CCN(C(=O)c2c(O)c(Cl)cc(Cl)c2Cl)CC1)c1ccccc1. The minimum absolute atomic E-state index is 0.0249. The van der Waals surface area contributed by atoms with Crippen LogP contribution in [-0.2, 0) is 0 Å². The number of aromatic hydroxyl groups is 1. The number of piperidine rings is 1. The average Bonchev–Trinajstić information content (AvgIpc) is 2.68. The molecule has 27 heavy (non-hydrogen) atoms. The van der Waals surface area contributed by atoms with Crippen LogP contribution < -0.4 is 5.32 Å². The molecule has 0 radical (unpaired) electrons. The zero-order valence-electron chi connectivity index (χ0n) is 14.2. The van der Waals surface area contributed by atoms with Gasteiger partial charge in [0, 0.05) is 24.7 Å². The van der Waals surface area contributed by atoms with E-state index in [1.165, 1.54) is 6.07 Å². The lowest BCUT2D eigenvalue weighted by Gasteiger charge is -2.32. The maximum atomic E-state index is 12.8. The van der Waals surface area contributed by atoms with Crippen LogP contribution in [0.3, 0.4) is 0 Å². The molecule has 0 aromatic heterocycles. The van der Waals surface area contributed by atoms with Gasteiger partial charge in [-0.15, -0.1) is 0 Å². The van der Waals surface area contributed by atoms with Crippen molar-refractivity contribution in [2.45, 2.75) is 18.9 Å². The normalized spacial score (nSPS) is 14.9. The van der Waals surface area contributed by atoms with Gasteiger partial charge < -0.3 is 15.3 Å². The Morgan fingerprint density at radius 2 is 1.67 bits per heavy atom. The van der Waals surface area contributed by atoms with Crippen LogP contribution in [0.25, 0.3) is 0 Å². The van der Waals surface area contributed by atoms with E-state index in [4.69, 9.17) is 34.8 Å². The van der Waals surface area contributed by atoms with Gasteiger partial charge in [-0.3, -0.25) is 9.59 Å². The van der Waals surface area contributed by atoms with Crippen molar-refractivity contribution in [1.82, 2.24) is 10.2 Å². The minimum Gasteiger partial charge on any atom is -0.505 e. The van der Waals surface area contributed by atoms with Crippen molar-refractivity contribution in [2.24, 2.45) is 0 Å². The second-order valence-electron chi connectivity index (χ2n) is 6.28. The number of halogens is 3. The number of rotatable bonds is 3. The zero-order valence-corrected chi connectivity index (χ0v) is 16.5. The molecular weight excluding hydrogens is 411 g/mol. The number of hydrogen-bond donors (Lipinski definition) is 2. The first kappa shape index (κ1) is 19.8. The number of phenols is 1. The van der Waals surface area contributed by atoms with E-state index < -0.39 is 5.91 Å². The summed E-state index contributed by atoms with van der Waals surface area (Å²) >= 11 is 18.0. The summed E-state index contributed by atoms with van der Waals surface area (Å²) in [7, 11) is 0. The molecule has 8 heteroatoms. The maximum absolute atomic E-state index is 12.8. The summed E-state index contributed by atoms with van der Waals surface area (Å²) in [5.74, 6) is -0.951. The smallest absolute Gasteiger partial charge is 0.259 e. The number of amides is 2. The summed E-state index contributed by atoms with van der Waals surface area (Å²) in [6.07, 6.45) is 1.19. The second-order valence-corrected chi connectivity index (χ2v) is 7.48. The molecule has 2 aromatic rings. The summed E-state index contributed by atoms with van der Waals surface area (Å²) in [5, 5.41) is 13.2. The van der Waals surface area contributed by atoms with Crippen LogP contribution in [0.5, 0.6) is 5.75 Å². The number of likely N-dealkylation sites (tertiary alicyclic amines) is 1. The van der Waals surface area contributed by atoms with Gasteiger partial charge in [0.2, 0.25) is 0 Å². The van der Waals surface area contributed by atoms with E-state index in [-0.39, 0.29) is 38.3 Å². The first-order valence-corrected chi connectivity index (χ1v) is 9.53. The highest BCUT2D eigenvalue weighted by Gasteiger charge is 2.29. The molecule has 2 amide bonds. The molecule has 142 valence electrons. The Kier molecular flexibility index (Phi) is 6.15. The number of nitrogens with zero attached hydrogens (tertiary/aromatic N) is 1. The molecule has 0 atom stereocenters. The monoisotopic (exact) mass is 426 g/mol. The molecule has 1 aliphatic rings. The van der Waals surface area contributed by atoms with Crippen molar-refractivity contribution < 1.29 is 14.7 Å². The molecule has 1 fully saturated rings. The molecule has 5 nitrogen and oxygen atoms in total. The first-order chi connectivity index (χ1) is 12.9. The summed E-state index contributed by atoms with van der Waals surface area (Å²) in [6.45, 7) is 0.830. The second kappa shape index (κ2) is 8.38. The summed E-state index contributed by atoms with van der Waals surface area (Å²) < 4.78 is 0. The third-order valence-corrected chi connectivity index (χ3v) is 5.59. The number of benzene rings is 2. The topological polar surface area (TPSA) is 69.6 Å². The lowest BCUT2D eigenvalue weighted by atomic mass is 10.0. The molecule has 1 saturated heterocycles. The van der Waals surface area contributed by atoms with Crippen LogP contribution in [0.15, 0.2) is 36.4 Å². The molecule has 2 N–H and O–H groups in total. The molecule has 0 saturated carbocycles. The molecule has 0 bridgehead atoms. The number of carbonyl (C=O) groups excluding carboxylic acids is 2. The van der Waals surface area contributed by atoms with Crippen molar-refractivity contribution in [3.63, 3.8) is 0 Å². The van der Waals surface area contributed by atoms with Crippen LogP contribution >= 0.6 is 34.8 Å². The molecule has 1 aliphatic heterocycles. The van der Waals surface area contributed by atoms with Crippen molar-refractivity contribution in [3.8, 4) is 5.75 Å². The number of carbonyl (C=O) groups is 2. The van der Waals surface area contributed by atoms with Crippen LogP contribution in [-0.4, -0.2) is 41.0 Å². The molecule has 0 unspecified atom stereocenters. The molecule has 1 heterocycles. The van der Waals surface area contributed by atoms with Gasteiger partial charge in [0.25, 0.3) is 11.8 Å². The van der Waals surface area contributed by atoms with Crippen molar-refractivity contribution in [3.05, 3.63) is 62.6 Å². The van der Waals surface area contributed by atoms with E-state index in [2.05, 4.69) is 5.32 Å². The van der Waals surface area contributed by atoms with E-state index in [1.807, 2.05) is 18.2 Å². The molecular formula is C19H17Cl3N2O3. The van der Waals surface area contributed by atoms with Gasteiger partial charge in [-0.2, -0.15) is 0 Å². The zero-order chi connectivity index (χ0) is 19.6. The lowest BCUT2D eigenvalue weighted by molar-refractivity contribution is 0.0695. The summed E-state index contributed by atoms with van der Waals surface area (Å²) in [5.41, 5.74) is 0.502. The van der Waals surface area contributed by atoms with E-state index in [0.29, 0.717) is 31.5 Å². The third-order valence-electron chi connectivity index (χ3n) is 4.51. The van der Waals surface area contributed by atoms with Gasteiger partial charge in [-0.1, -0.05) is 53.0 Å². The Hall–Kier alpha value is -1.95. The molecule has 0 spiro atoms. The first-order valence-electron chi connectivity index (χ1n) is 8.40. The average molecular weight is 428 g/mol. The van der Waals surface area contributed by atoms with Crippen LogP contribution in [0.4, 0.5) is 0 Å². The fourth-order valence-electron chi connectivity index (χ4n) is 3.02. The maximum Gasteiger partial charge on any atom is 0.259 e. The van der Waals surface area contributed by atoms with E-state index >= 15 is 0 Å². The number of hydrogen-bond acceptors (Lipinski definition) is 3. The summed E-state index contributed by atoms with van der Waals surface area (Å²) in [4.78, 5) is 26.6. The van der Waals surface area contributed by atoms with Gasteiger partial charge in [0.1, 0.15) is 11.3 Å². The largest absolute Gasteiger partial charge is 0.505 e. The van der Waals surface area contributed by atoms with Gasteiger partial charge >= 0.3 is 0 Å². The van der Waals surface area contributed by atoms with Crippen molar-refractivity contribution >= 4 is 46.6 Å². The van der Waals surface area contributed by atoms with Gasteiger partial charge in [0.05, 0.1) is 15.1 Å². The van der Waals surface area contributed by atoms with Gasteiger partial charge in [-0.25, -0.2) is 0 Å². The van der Waals surface area contributed by atoms with Gasteiger partial charge in [0.15, 0.2) is 0 Å². The standard InChI is InChI=1S/C19H17Cl3N2O3/c20-13-10-14(21)17(25)15(16(13)22)19(27)24-8-6-12(7-9-24)23-18(26)11-4-2-1-3-5-11/h1-5,10,12,25H,6-9H2,(H,23,26). The Labute approximate surface area is 171 Å². The van der Waals surface area contributed by atoms with E-state index in [1.54, 1.807) is 17.0 Å². The number of phenolic OH excluding ortho intramolecular Hbond substituents is 1. The van der Waals surface area contributed by atoms with E-state index in [0.717, 1.165) is 0 Å². The quantitative estimate of drug-likeness (QED) is 0.714. The third kappa shape index (κ3) is 4.32. The van der Waals surface area contributed by atoms with Gasteiger partial charge in [-0.05, 0) is 31.0 Å². The Balaban J connectivity index is 1.64. The highest BCUT2D eigenvalue weighted by molar-refractivity contribution is 6.45. The molecule has 3 rings (SSSR count). The molecule has 2 aromatic carbocycles.